The molecule has 13 aromatic rings. The summed E-state index contributed by atoms with van der Waals surface area (Å²) in [6, 6.07) is 72.7. The van der Waals surface area contributed by atoms with Crippen molar-refractivity contribution in [3.63, 3.8) is 0 Å². The molecular weight excluding hydrogens is 757 g/mol. The molecule has 3 aromatic heterocycles. The van der Waals surface area contributed by atoms with Crippen molar-refractivity contribution in [3.8, 4) is 51.0 Å². The molecule has 0 spiro atoms. The number of hydrogen-bond donors (Lipinski definition) is 0. The van der Waals surface area contributed by atoms with Crippen LogP contribution in [-0.4, -0.2) is 19.5 Å². The van der Waals surface area contributed by atoms with Gasteiger partial charge in [0.2, 0.25) is 0 Å². The normalized spacial score (nSPS) is 11.9. The SMILES string of the molecule is c1ccc(-c2nc(-c3ccc(-c4cccc5ccccc45)cc3)nc(-c3ccc4c(c3)oc3cc(-n5c6ccccc6c6cc7ccccc7cc65)c5ccccc5c34)n2)cc1. The lowest BCUT2D eigenvalue weighted by atomic mass is 9.97. The number of aromatic nitrogens is 4. The van der Waals surface area contributed by atoms with E-state index in [1.807, 2.05) is 30.3 Å². The average molecular weight is 791 g/mol. The van der Waals surface area contributed by atoms with Gasteiger partial charge < -0.3 is 8.98 Å². The molecule has 62 heavy (non-hydrogen) atoms. The lowest BCUT2D eigenvalue weighted by Gasteiger charge is -2.13. The number of hydrogen-bond acceptors (Lipinski definition) is 4. The minimum atomic E-state index is 0.581. The zero-order chi connectivity index (χ0) is 40.7. The first kappa shape index (κ1) is 34.5. The fourth-order valence-corrected chi connectivity index (χ4v) is 9.49. The first-order chi connectivity index (χ1) is 30.7. The molecule has 0 bridgehead atoms. The highest BCUT2D eigenvalue weighted by molar-refractivity contribution is 6.22. The lowest BCUT2D eigenvalue weighted by molar-refractivity contribution is 0.669. The topological polar surface area (TPSA) is 56.7 Å². The van der Waals surface area contributed by atoms with Crippen LogP contribution in [0.15, 0.2) is 211 Å². The van der Waals surface area contributed by atoms with Crippen molar-refractivity contribution in [3.05, 3.63) is 206 Å². The van der Waals surface area contributed by atoms with E-state index < -0.39 is 0 Å². The minimum absolute atomic E-state index is 0.581. The van der Waals surface area contributed by atoms with E-state index in [4.69, 9.17) is 19.4 Å². The third kappa shape index (κ3) is 5.38. The predicted octanol–water partition coefficient (Wildman–Crippen LogP) is 15.0. The van der Waals surface area contributed by atoms with Gasteiger partial charge in [-0.2, -0.15) is 0 Å². The Morgan fingerprint density at radius 1 is 0.323 bits per heavy atom. The molecule has 0 aliphatic heterocycles. The maximum atomic E-state index is 6.89. The Balaban J connectivity index is 0.972. The molecule has 0 aliphatic rings. The van der Waals surface area contributed by atoms with Crippen LogP contribution in [0.4, 0.5) is 0 Å². The molecule has 13 rings (SSSR count). The molecule has 10 aromatic carbocycles. The van der Waals surface area contributed by atoms with Gasteiger partial charge in [-0.15, -0.1) is 0 Å². The maximum absolute atomic E-state index is 6.89. The van der Waals surface area contributed by atoms with E-state index in [1.165, 1.54) is 37.9 Å². The zero-order valence-electron chi connectivity index (χ0n) is 33.3. The monoisotopic (exact) mass is 790 g/mol. The van der Waals surface area contributed by atoms with Crippen LogP contribution in [0, 0.1) is 0 Å². The van der Waals surface area contributed by atoms with Crippen LogP contribution >= 0.6 is 0 Å². The van der Waals surface area contributed by atoms with Crippen molar-refractivity contribution in [1.82, 2.24) is 19.5 Å². The highest BCUT2D eigenvalue weighted by Crippen LogP contribution is 2.42. The molecular formula is C57H34N4O. The van der Waals surface area contributed by atoms with Crippen LogP contribution in [0.2, 0.25) is 0 Å². The van der Waals surface area contributed by atoms with Crippen molar-refractivity contribution in [2.24, 2.45) is 0 Å². The van der Waals surface area contributed by atoms with E-state index in [0.29, 0.717) is 17.5 Å². The van der Waals surface area contributed by atoms with Gasteiger partial charge in [0.15, 0.2) is 17.5 Å². The Hall–Kier alpha value is -8.41. The molecule has 0 amide bonds. The number of para-hydroxylation sites is 1. The van der Waals surface area contributed by atoms with Crippen LogP contribution in [0.1, 0.15) is 0 Å². The Labute approximate surface area is 355 Å². The molecule has 0 saturated carbocycles. The van der Waals surface area contributed by atoms with Crippen LogP contribution in [0.3, 0.4) is 0 Å². The first-order valence-corrected chi connectivity index (χ1v) is 20.9. The van der Waals surface area contributed by atoms with Crippen LogP contribution in [0.25, 0.3) is 127 Å². The standard InChI is InChI=1S/C57H34N4O/c1-2-14-37(15-3-1)55-58-56(38-27-25-36(26-28-38)43-23-12-18-35-13-6-7-19-42(35)43)60-57(59-55)41-29-30-47-52(33-41)62-53-34-51(44-20-8-9-22-46(44)54(47)53)61-49-24-11-10-21-45(49)48-31-39-16-4-5-17-40(39)32-50(48)61/h1-34H. The van der Waals surface area contributed by atoms with Gasteiger partial charge in [-0.25, -0.2) is 15.0 Å². The molecule has 5 nitrogen and oxygen atoms in total. The third-order valence-electron chi connectivity index (χ3n) is 12.4. The predicted molar refractivity (Wildman–Crippen MR) is 256 cm³/mol. The molecule has 0 aliphatic carbocycles. The second-order valence-electron chi connectivity index (χ2n) is 16.0. The summed E-state index contributed by atoms with van der Waals surface area (Å²) in [6.45, 7) is 0. The van der Waals surface area contributed by atoms with Crippen molar-refractivity contribution in [2.75, 3.05) is 0 Å². The molecule has 0 atom stereocenters. The minimum Gasteiger partial charge on any atom is -0.456 e. The number of nitrogens with zero attached hydrogens (tertiary/aromatic N) is 4. The number of furan rings is 1. The van der Waals surface area contributed by atoms with E-state index >= 15 is 0 Å². The van der Waals surface area contributed by atoms with Gasteiger partial charge in [0.1, 0.15) is 11.2 Å². The van der Waals surface area contributed by atoms with E-state index in [0.717, 1.165) is 71.7 Å². The van der Waals surface area contributed by atoms with Crippen molar-refractivity contribution in [1.29, 1.82) is 0 Å². The highest BCUT2D eigenvalue weighted by Gasteiger charge is 2.21. The lowest BCUT2D eigenvalue weighted by Crippen LogP contribution is -2.00. The van der Waals surface area contributed by atoms with Gasteiger partial charge >= 0.3 is 0 Å². The van der Waals surface area contributed by atoms with E-state index in [-0.39, 0.29) is 0 Å². The molecule has 0 unspecified atom stereocenters. The quantitative estimate of drug-likeness (QED) is 0.174. The molecule has 0 N–H and O–H groups in total. The highest BCUT2D eigenvalue weighted by atomic mass is 16.3. The van der Waals surface area contributed by atoms with Crippen molar-refractivity contribution in [2.45, 2.75) is 0 Å². The summed E-state index contributed by atoms with van der Waals surface area (Å²) in [5, 5.41) is 11.8. The summed E-state index contributed by atoms with van der Waals surface area (Å²) in [5.74, 6) is 1.80. The zero-order valence-corrected chi connectivity index (χ0v) is 33.3. The summed E-state index contributed by atoms with van der Waals surface area (Å²) >= 11 is 0. The fraction of sp³-hybridized carbons (Fsp3) is 0. The summed E-state index contributed by atoms with van der Waals surface area (Å²) in [7, 11) is 0. The molecule has 288 valence electrons. The number of rotatable bonds is 5. The van der Waals surface area contributed by atoms with E-state index in [2.05, 4.69) is 180 Å². The molecule has 0 radical (unpaired) electrons. The second-order valence-corrected chi connectivity index (χ2v) is 16.0. The Morgan fingerprint density at radius 3 is 1.69 bits per heavy atom. The largest absolute Gasteiger partial charge is 0.456 e. The Kier molecular flexibility index (Phi) is 7.54. The van der Waals surface area contributed by atoms with E-state index in [9.17, 15) is 0 Å². The van der Waals surface area contributed by atoms with Gasteiger partial charge in [-0.3, -0.25) is 0 Å². The maximum Gasteiger partial charge on any atom is 0.164 e. The Morgan fingerprint density at radius 2 is 0.903 bits per heavy atom. The van der Waals surface area contributed by atoms with Gasteiger partial charge in [0.25, 0.3) is 0 Å². The second kappa shape index (κ2) is 13.6. The fourth-order valence-electron chi connectivity index (χ4n) is 9.49. The molecule has 5 heteroatoms. The average Bonchev–Trinajstić information content (AvgIpc) is 3.87. The van der Waals surface area contributed by atoms with Crippen molar-refractivity contribution >= 4 is 76.1 Å². The van der Waals surface area contributed by atoms with Gasteiger partial charge in [-0.05, 0) is 68.4 Å². The Bertz CT molecular complexity index is 3910. The van der Waals surface area contributed by atoms with Crippen LogP contribution in [-0.2, 0) is 0 Å². The van der Waals surface area contributed by atoms with Crippen LogP contribution < -0.4 is 0 Å². The molecule has 0 saturated heterocycles. The smallest absolute Gasteiger partial charge is 0.164 e. The number of fused-ring (bicyclic) bond motifs is 10. The summed E-state index contributed by atoms with van der Waals surface area (Å²) in [6.07, 6.45) is 0. The summed E-state index contributed by atoms with van der Waals surface area (Å²) in [5.41, 5.74) is 10.0. The summed E-state index contributed by atoms with van der Waals surface area (Å²) in [4.78, 5) is 15.2. The van der Waals surface area contributed by atoms with Gasteiger partial charge in [-0.1, -0.05) is 170 Å². The van der Waals surface area contributed by atoms with Crippen LogP contribution in [0.5, 0.6) is 0 Å². The number of benzene rings is 10. The first-order valence-electron chi connectivity index (χ1n) is 20.9. The molecule has 0 fully saturated rings. The van der Waals surface area contributed by atoms with Crippen molar-refractivity contribution < 1.29 is 4.42 Å². The molecule has 3 heterocycles. The third-order valence-corrected chi connectivity index (χ3v) is 12.4. The van der Waals surface area contributed by atoms with Gasteiger partial charge in [0, 0.05) is 49.7 Å². The van der Waals surface area contributed by atoms with E-state index in [1.54, 1.807) is 0 Å². The summed E-state index contributed by atoms with van der Waals surface area (Å²) < 4.78 is 9.29. The van der Waals surface area contributed by atoms with Gasteiger partial charge in [0.05, 0.1) is 16.7 Å².